The predicted molar refractivity (Wildman–Crippen MR) is 70.3 cm³/mol. The van der Waals surface area contributed by atoms with Crippen LogP contribution < -0.4 is 5.73 Å². The van der Waals surface area contributed by atoms with Crippen LogP contribution in [0.15, 0.2) is 12.7 Å². The number of anilines is 1. The zero-order chi connectivity index (χ0) is 15.5. The highest BCUT2D eigenvalue weighted by Gasteiger charge is 2.52. The van der Waals surface area contributed by atoms with Crippen molar-refractivity contribution >= 4 is 24.8 Å². The summed E-state index contributed by atoms with van der Waals surface area (Å²) in [7, 11) is -4.16. The van der Waals surface area contributed by atoms with Gasteiger partial charge in [-0.15, -0.1) is 0 Å². The monoisotopic (exact) mass is 329 g/mol. The van der Waals surface area contributed by atoms with E-state index in [1.54, 1.807) is 0 Å². The van der Waals surface area contributed by atoms with E-state index in [9.17, 15) is 14.6 Å². The Hall–Kier alpha value is -1.62. The quantitative estimate of drug-likeness (QED) is 0.565. The molecule has 5 atom stereocenters. The van der Waals surface area contributed by atoms with Crippen molar-refractivity contribution in [2.24, 2.45) is 0 Å². The van der Waals surface area contributed by atoms with E-state index in [1.165, 1.54) is 17.2 Å². The van der Waals surface area contributed by atoms with Crippen molar-refractivity contribution in [1.82, 2.24) is 19.5 Å². The van der Waals surface area contributed by atoms with Crippen molar-refractivity contribution < 1.29 is 28.3 Å². The molecule has 118 valence electrons. The molecule has 0 amide bonds. The largest absolute Gasteiger partial charge is 0.472 e. The third-order valence-corrected chi connectivity index (χ3v) is 4.61. The number of aliphatic hydroxyl groups is 1. The SMILES string of the molecule is Nc1ncnc2c1ncn2[C@@H]1O[C@@H]2COP(=O)(O)OC2[C@H]1O. The summed E-state index contributed by atoms with van der Waals surface area (Å²) >= 11 is 0. The molecule has 0 saturated carbocycles. The molecule has 4 heterocycles. The highest BCUT2D eigenvalue weighted by Crippen LogP contribution is 2.52. The van der Waals surface area contributed by atoms with Crippen LogP contribution in [0.4, 0.5) is 5.82 Å². The molecule has 4 rings (SSSR count). The standard InChI is InChI=1S/C10H12N5O6P/c11-8-5-9(13-2-12-8)15(3-14-5)10-6(16)7-4(20-10)1-19-22(17,18)21-7/h2-4,6-7,10,16H,1H2,(H,17,18)(H2,11,12,13)/t4-,6-,7?,10-/m1/s1. The average Bonchev–Trinajstić information content (AvgIpc) is 3.01. The Balaban J connectivity index is 1.71. The second-order valence-electron chi connectivity index (χ2n) is 4.97. The highest BCUT2D eigenvalue weighted by atomic mass is 31.2. The fourth-order valence-electron chi connectivity index (χ4n) is 2.62. The van der Waals surface area contributed by atoms with Gasteiger partial charge < -0.3 is 20.5 Å². The number of aliphatic hydroxyl groups excluding tert-OH is 1. The van der Waals surface area contributed by atoms with Gasteiger partial charge in [0.1, 0.15) is 30.2 Å². The average molecular weight is 329 g/mol. The molecule has 11 nitrogen and oxygen atoms in total. The third kappa shape index (κ3) is 2.02. The number of phosphoric acid groups is 1. The van der Waals surface area contributed by atoms with E-state index in [-0.39, 0.29) is 12.4 Å². The maximum atomic E-state index is 11.5. The summed E-state index contributed by atoms with van der Waals surface area (Å²) in [6, 6.07) is 0. The van der Waals surface area contributed by atoms with Gasteiger partial charge in [-0.2, -0.15) is 0 Å². The van der Waals surface area contributed by atoms with Crippen LogP contribution in [0.25, 0.3) is 11.2 Å². The maximum Gasteiger partial charge on any atom is 0.472 e. The molecule has 2 aromatic rings. The molecular weight excluding hydrogens is 317 g/mol. The summed E-state index contributed by atoms with van der Waals surface area (Å²) < 4.78 is 28.2. The Bertz CT molecular complexity index is 782. The number of fused-ring (bicyclic) bond motifs is 2. The van der Waals surface area contributed by atoms with E-state index in [4.69, 9.17) is 15.0 Å². The number of hydrogen-bond acceptors (Lipinski definition) is 9. The lowest BCUT2D eigenvalue weighted by Gasteiger charge is -2.27. The zero-order valence-corrected chi connectivity index (χ0v) is 11.9. The van der Waals surface area contributed by atoms with Gasteiger partial charge in [-0.1, -0.05) is 0 Å². The number of nitrogens with two attached hydrogens (primary N) is 1. The molecule has 0 bridgehead atoms. The summed E-state index contributed by atoms with van der Waals surface area (Å²) in [4.78, 5) is 21.3. The second-order valence-corrected chi connectivity index (χ2v) is 6.38. The predicted octanol–water partition coefficient (Wildman–Crippen LogP) is -0.817. The first-order chi connectivity index (χ1) is 10.5. The first kappa shape index (κ1) is 14.0. The van der Waals surface area contributed by atoms with Crippen LogP contribution in [0.5, 0.6) is 0 Å². The Morgan fingerprint density at radius 3 is 3.05 bits per heavy atom. The number of aromatic nitrogens is 4. The lowest BCUT2D eigenvalue weighted by Crippen LogP contribution is -2.39. The molecule has 2 aromatic heterocycles. The number of hydrogen-bond donors (Lipinski definition) is 3. The van der Waals surface area contributed by atoms with E-state index >= 15 is 0 Å². The molecule has 0 radical (unpaired) electrons. The van der Waals surface area contributed by atoms with Gasteiger partial charge in [-0.25, -0.2) is 19.5 Å². The summed E-state index contributed by atoms with van der Waals surface area (Å²) in [6.45, 7) is -0.157. The molecule has 2 fully saturated rings. The van der Waals surface area contributed by atoms with Gasteiger partial charge in [0, 0.05) is 0 Å². The van der Waals surface area contributed by atoms with Crippen molar-refractivity contribution in [3.63, 3.8) is 0 Å². The van der Waals surface area contributed by atoms with Crippen LogP contribution in [0.2, 0.25) is 0 Å². The molecule has 0 aromatic carbocycles. The lowest BCUT2D eigenvalue weighted by molar-refractivity contribution is -0.0664. The van der Waals surface area contributed by atoms with Gasteiger partial charge in [-0.3, -0.25) is 13.6 Å². The fraction of sp³-hybridized carbons (Fsp3) is 0.500. The second kappa shape index (κ2) is 4.69. The van der Waals surface area contributed by atoms with E-state index in [0.717, 1.165) is 0 Å². The van der Waals surface area contributed by atoms with Crippen molar-refractivity contribution in [3.05, 3.63) is 12.7 Å². The number of nitrogen functional groups attached to an aromatic ring is 1. The molecule has 2 saturated heterocycles. The van der Waals surface area contributed by atoms with Gasteiger partial charge >= 0.3 is 7.82 Å². The van der Waals surface area contributed by atoms with E-state index in [0.29, 0.717) is 11.2 Å². The number of nitrogens with zero attached hydrogens (tertiary/aromatic N) is 4. The molecular formula is C10H12N5O6P. The first-order valence-corrected chi connectivity index (χ1v) is 7.88. The van der Waals surface area contributed by atoms with Gasteiger partial charge in [0.05, 0.1) is 12.9 Å². The van der Waals surface area contributed by atoms with Crippen LogP contribution >= 0.6 is 7.82 Å². The minimum Gasteiger partial charge on any atom is -0.386 e. The first-order valence-electron chi connectivity index (χ1n) is 6.38. The molecule has 2 aliphatic heterocycles. The maximum absolute atomic E-state index is 11.5. The third-order valence-electron chi connectivity index (χ3n) is 3.63. The van der Waals surface area contributed by atoms with Crippen LogP contribution in [0.3, 0.4) is 0 Å². The van der Waals surface area contributed by atoms with Gasteiger partial charge in [0.2, 0.25) is 0 Å². The van der Waals surface area contributed by atoms with Crippen molar-refractivity contribution in [2.75, 3.05) is 12.3 Å². The smallest absolute Gasteiger partial charge is 0.386 e. The number of phosphoric ester groups is 1. The van der Waals surface area contributed by atoms with Crippen LogP contribution in [-0.4, -0.2) is 54.4 Å². The number of rotatable bonds is 1. The Morgan fingerprint density at radius 2 is 2.23 bits per heavy atom. The molecule has 4 N–H and O–H groups in total. The van der Waals surface area contributed by atoms with Gasteiger partial charge in [-0.05, 0) is 0 Å². The van der Waals surface area contributed by atoms with Gasteiger partial charge in [0.15, 0.2) is 17.7 Å². The van der Waals surface area contributed by atoms with Crippen molar-refractivity contribution in [3.8, 4) is 0 Å². The van der Waals surface area contributed by atoms with E-state index < -0.39 is 32.4 Å². The molecule has 0 spiro atoms. The zero-order valence-electron chi connectivity index (χ0n) is 11.0. The van der Waals surface area contributed by atoms with Crippen molar-refractivity contribution in [2.45, 2.75) is 24.5 Å². The van der Waals surface area contributed by atoms with E-state index in [2.05, 4.69) is 19.5 Å². The summed E-state index contributed by atoms with van der Waals surface area (Å²) in [6.07, 6.45) is -1.07. The fourth-order valence-corrected chi connectivity index (χ4v) is 3.59. The molecule has 2 unspecified atom stereocenters. The van der Waals surface area contributed by atoms with Crippen molar-refractivity contribution in [1.29, 1.82) is 0 Å². The topological polar surface area (TPSA) is 155 Å². The Morgan fingerprint density at radius 1 is 1.41 bits per heavy atom. The summed E-state index contributed by atoms with van der Waals surface area (Å²) in [5.41, 5.74) is 6.46. The summed E-state index contributed by atoms with van der Waals surface area (Å²) in [5, 5.41) is 10.4. The Kier molecular flexibility index (Phi) is 2.98. The minimum atomic E-state index is -4.16. The number of imidazole rings is 1. The van der Waals surface area contributed by atoms with Crippen LogP contribution in [-0.2, 0) is 18.3 Å². The van der Waals surface area contributed by atoms with Crippen LogP contribution in [0, 0.1) is 0 Å². The normalized spacial score (nSPS) is 38.3. The number of ether oxygens (including phenoxy) is 1. The molecule has 22 heavy (non-hydrogen) atoms. The Labute approximate surface area is 123 Å². The summed E-state index contributed by atoms with van der Waals surface area (Å²) in [5.74, 6) is 0.202. The molecule has 2 aliphatic rings. The minimum absolute atomic E-state index is 0.157. The van der Waals surface area contributed by atoms with Gasteiger partial charge in [0.25, 0.3) is 0 Å². The molecule has 0 aliphatic carbocycles. The highest BCUT2D eigenvalue weighted by molar-refractivity contribution is 7.47. The van der Waals surface area contributed by atoms with E-state index in [1.807, 2.05) is 0 Å². The van der Waals surface area contributed by atoms with Crippen LogP contribution in [0.1, 0.15) is 6.23 Å². The lowest BCUT2D eigenvalue weighted by atomic mass is 10.1. The molecule has 12 heteroatoms.